The summed E-state index contributed by atoms with van der Waals surface area (Å²) in [4.78, 5) is 2.21. The third-order valence-corrected chi connectivity index (χ3v) is 5.15. The maximum atomic E-state index is 12.6. The Morgan fingerprint density at radius 3 is 2.23 bits per heavy atom. The van der Waals surface area contributed by atoms with E-state index in [1.54, 1.807) is 30.7 Å². The van der Waals surface area contributed by atoms with Crippen LogP contribution < -0.4 is 9.62 Å². The lowest BCUT2D eigenvalue weighted by atomic mass is 10.3. The molecule has 1 heterocycles. The van der Waals surface area contributed by atoms with E-state index in [9.17, 15) is 8.42 Å². The van der Waals surface area contributed by atoms with Crippen LogP contribution in [0.1, 0.15) is 18.3 Å². The van der Waals surface area contributed by atoms with Crippen LogP contribution in [0.25, 0.3) is 0 Å². The van der Waals surface area contributed by atoms with E-state index in [0.29, 0.717) is 23.6 Å². The number of hydrogen-bond donors (Lipinski definition) is 1. The van der Waals surface area contributed by atoms with Crippen molar-refractivity contribution in [3.63, 3.8) is 0 Å². The van der Waals surface area contributed by atoms with Crippen molar-refractivity contribution in [1.29, 1.82) is 0 Å². The molecule has 0 fully saturated rings. The molecule has 0 saturated carbocycles. The van der Waals surface area contributed by atoms with Gasteiger partial charge >= 0.3 is 0 Å². The summed E-state index contributed by atoms with van der Waals surface area (Å²) in [6, 6.07) is 7.24. The smallest absolute Gasteiger partial charge is 0.265 e. The third kappa shape index (κ3) is 3.09. The average Bonchev–Trinajstić information content (AvgIpc) is 2.74. The summed E-state index contributed by atoms with van der Waals surface area (Å²) in [7, 11) is 0.227. The molecule has 1 aromatic heterocycles. The molecule has 1 aromatic carbocycles. The molecule has 7 heteroatoms. The second-order valence-electron chi connectivity index (χ2n) is 5.36. The second-order valence-corrected chi connectivity index (χ2v) is 6.98. The molecule has 0 aliphatic carbocycles. The number of aromatic nitrogens is 2. The molecule has 0 aliphatic heterocycles. The SMILES string of the molecule is CCn1nc(C)c(S(=O)(=O)Nc2ccc(N(C)C)cc2)c1C. The predicted molar refractivity (Wildman–Crippen MR) is 89.0 cm³/mol. The van der Waals surface area contributed by atoms with Crippen LogP contribution >= 0.6 is 0 Å². The Kier molecular flexibility index (Phi) is 4.46. The predicted octanol–water partition coefficient (Wildman–Crippen LogP) is 2.39. The Hall–Kier alpha value is -2.02. The maximum Gasteiger partial charge on any atom is 0.265 e. The first kappa shape index (κ1) is 16.4. The standard InChI is InChI=1S/C15H22N4O2S/c1-6-19-12(3)15(11(2)16-19)22(20,21)17-13-7-9-14(10-8-13)18(4)5/h7-10,17H,6H2,1-5H3. The van der Waals surface area contributed by atoms with Gasteiger partial charge in [0.25, 0.3) is 10.0 Å². The lowest BCUT2D eigenvalue weighted by Gasteiger charge is -2.13. The van der Waals surface area contributed by atoms with Gasteiger partial charge in [0.2, 0.25) is 0 Å². The molecule has 2 aromatic rings. The van der Waals surface area contributed by atoms with E-state index in [-0.39, 0.29) is 4.90 Å². The first-order chi connectivity index (χ1) is 10.3. The van der Waals surface area contributed by atoms with Crippen molar-refractivity contribution >= 4 is 21.4 Å². The zero-order chi connectivity index (χ0) is 16.5. The molecule has 0 atom stereocenters. The summed E-state index contributed by atoms with van der Waals surface area (Å²) in [6.45, 7) is 6.05. The summed E-state index contributed by atoms with van der Waals surface area (Å²) in [6.07, 6.45) is 0. The zero-order valence-corrected chi connectivity index (χ0v) is 14.4. The van der Waals surface area contributed by atoms with Crippen molar-refractivity contribution in [1.82, 2.24) is 9.78 Å². The third-order valence-electron chi connectivity index (χ3n) is 3.52. The molecule has 22 heavy (non-hydrogen) atoms. The molecule has 1 N–H and O–H groups in total. The highest BCUT2D eigenvalue weighted by molar-refractivity contribution is 7.92. The molecule has 0 spiro atoms. The van der Waals surface area contributed by atoms with Gasteiger partial charge in [0.15, 0.2) is 0 Å². The van der Waals surface area contributed by atoms with E-state index >= 15 is 0 Å². The van der Waals surface area contributed by atoms with Crippen molar-refractivity contribution in [2.45, 2.75) is 32.2 Å². The van der Waals surface area contributed by atoms with Gasteiger partial charge in [-0.1, -0.05) is 0 Å². The van der Waals surface area contributed by atoms with Gasteiger partial charge in [0, 0.05) is 32.0 Å². The molecule has 120 valence electrons. The van der Waals surface area contributed by atoms with Gasteiger partial charge in [-0.3, -0.25) is 9.40 Å². The number of sulfonamides is 1. The lowest BCUT2D eigenvalue weighted by molar-refractivity contribution is 0.598. The molecule has 6 nitrogen and oxygen atoms in total. The van der Waals surface area contributed by atoms with Crippen molar-refractivity contribution in [3.05, 3.63) is 35.7 Å². The van der Waals surface area contributed by atoms with E-state index in [2.05, 4.69) is 9.82 Å². The Labute approximate surface area is 131 Å². The first-order valence-electron chi connectivity index (χ1n) is 7.10. The van der Waals surface area contributed by atoms with Crippen LogP contribution in [-0.2, 0) is 16.6 Å². The highest BCUT2D eigenvalue weighted by atomic mass is 32.2. The van der Waals surface area contributed by atoms with Crippen LogP contribution in [0.15, 0.2) is 29.2 Å². The second kappa shape index (κ2) is 6.00. The van der Waals surface area contributed by atoms with E-state index in [1.165, 1.54) is 0 Å². The van der Waals surface area contributed by atoms with Crippen LogP contribution in [0, 0.1) is 13.8 Å². The first-order valence-corrected chi connectivity index (χ1v) is 8.58. The maximum absolute atomic E-state index is 12.6. The minimum absolute atomic E-state index is 0.256. The Morgan fingerprint density at radius 1 is 1.18 bits per heavy atom. The average molecular weight is 322 g/mol. The number of nitrogens with one attached hydrogen (secondary N) is 1. The van der Waals surface area contributed by atoms with Gasteiger partial charge in [-0.15, -0.1) is 0 Å². The number of anilines is 2. The largest absolute Gasteiger partial charge is 0.378 e. The fourth-order valence-electron chi connectivity index (χ4n) is 2.41. The van der Waals surface area contributed by atoms with Crippen LogP contribution in [0.4, 0.5) is 11.4 Å². The summed E-state index contributed by atoms with van der Waals surface area (Å²) >= 11 is 0. The molecular weight excluding hydrogens is 300 g/mol. The minimum atomic E-state index is -3.64. The van der Waals surface area contributed by atoms with Gasteiger partial charge in [-0.25, -0.2) is 8.42 Å². The van der Waals surface area contributed by atoms with Gasteiger partial charge in [0.1, 0.15) is 4.90 Å². The Bertz CT molecular complexity index is 762. The highest BCUT2D eigenvalue weighted by Crippen LogP contribution is 2.23. The van der Waals surface area contributed by atoms with E-state index in [0.717, 1.165) is 5.69 Å². The number of aryl methyl sites for hydroxylation is 2. The van der Waals surface area contributed by atoms with E-state index < -0.39 is 10.0 Å². The molecule has 0 bridgehead atoms. The van der Waals surface area contributed by atoms with E-state index in [1.807, 2.05) is 38.1 Å². The molecule has 2 rings (SSSR count). The van der Waals surface area contributed by atoms with Crippen molar-refractivity contribution in [3.8, 4) is 0 Å². The van der Waals surface area contributed by atoms with Crippen LogP contribution in [0.5, 0.6) is 0 Å². The van der Waals surface area contributed by atoms with Gasteiger partial charge in [0.05, 0.1) is 11.4 Å². The fourth-order valence-corrected chi connectivity index (χ4v) is 3.88. The number of nitrogens with zero attached hydrogens (tertiary/aromatic N) is 3. The zero-order valence-electron chi connectivity index (χ0n) is 13.6. The molecule has 0 radical (unpaired) electrons. The van der Waals surface area contributed by atoms with Crippen molar-refractivity contribution < 1.29 is 8.42 Å². The number of benzene rings is 1. The summed E-state index contributed by atoms with van der Waals surface area (Å²) in [5.74, 6) is 0. The van der Waals surface area contributed by atoms with Crippen LogP contribution in [-0.4, -0.2) is 32.3 Å². The summed E-state index contributed by atoms with van der Waals surface area (Å²) < 4.78 is 29.5. The van der Waals surface area contributed by atoms with Gasteiger partial charge in [-0.05, 0) is 45.0 Å². The molecule has 0 saturated heterocycles. The monoisotopic (exact) mass is 322 g/mol. The number of rotatable bonds is 5. The quantitative estimate of drug-likeness (QED) is 0.918. The van der Waals surface area contributed by atoms with E-state index in [4.69, 9.17) is 0 Å². The lowest BCUT2D eigenvalue weighted by Crippen LogP contribution is -2.15. The molecule has 0 aliphatic rings. The van der Waals surface area contributed by atoms with Crippen LogP contribution in [0.3, 0.4) is 0 Å². The normalized spacial score (nSPS) is 11.5. The molecular formula is C15H22N4O2S. The Morgan fingerprint density at radius 2 is 1.77 bits per heavy atom. The van der Waals surface area contributed by atoms with Gasteiger partial charge in [-0.2, -0.15) is 5.10 Å². The summed E-state index contributed by atoms with van der Waals surface area (Å²) in [5, 5.41) is 4.26. The van der Waals surface area contributed by atoms with Crippen molar-refractivity contribution in [2.75, 3.05) is 23.7 Å². The molecule has 0 unspecified atom stereocenters. The number of hydrogen-bond acceptors (Lipinski definition) is 4. The topological polar surface area (TPSA) is 67.2 Å². The van der Waals surface area contributed by atoms with Gasteiger partial charge < -0.3 is 4.90 Å². The van der Waals surface area contributed by atoms with Crippen LogP contribution in [0.2, 0.25) is 0 Å². The Balaban J connectivity index is 2.34. The highest BCUT2D eigenvalue weighted by Gasteiger charge is 2.24. The fraction of sp³-hybridized carbons (Fsp3) is 0.400. The van der Waals surface area contributed by atoms with Crippen molar-refractivity contribution in [2.24, 2.45) is 0 Å². The minimum Gasteiger partial charge on any atom is -0.378 e. The summed E-state index contributed by atoms with van der Waals surface area (Å²) in [5.41, 5.74) is 2.71. The molecule has 0 amide bonds.